The first-order chi connectivity index (χ1) is 9.65. The van der Waals surface area contributed by atoms with Crippen molar-refractivity contribution in [3.63, 3.8) is 0 Å². The van der Waals surface area contributed by atoms with Crippen molar-refractivity contribution in [2.24, 2.45) is 5.92 Å². The Morgan fingerprint density at radius 2 is 1.85 bits per heavy atom. The minimum absolute atomic E-state index is 0.0453. The molecule has 118 valence electrons. The first-order valence-corrected chi connectivity index (χ1v) is 8.76. The summed E-state index contributed by atoms with van der Waals surface area (Å²) in [5, 5.41) is 13.2. The molecule has 1 aliphatic heterocycles. The highest BCUT2D eigenvalue weighted by Crippen LogP contribution is 2.25. The van der Waals surface area contributed by atoms with Crippen LogP contribution in [0.3, 0.4) is 0 Å². The van der Waals surface area contributed by atoms with Crippen LogP contribution in [0.4, 0.5) is 0 Å². The van der Waals surface area contributed by atoms with Gasteiger partial charge < -0.3 is 15.3 Å². The summed E-state index contributed by atoms with van der Waals surface area (Å²) in [6.45, 7) is 8.62. The van der Waals surface area contributed by atoms with Crippen LogP contribution in [-0.2, 0) is 0 Å². The minimum atomic E-state index is -0.0453. The quantitative estimate of drug-likeness (QED) is 0.638. The average Bonchev–Trinajstić information content (AvgIpc) is 3.28. The number of aliphatic hydroxyl groups excluding tert-OH is 1. The van der Waals surface area contributed by atoms with Gasteiger partial charge in [-0.15, -0.1) is 0 Å². The zero-order valence-electron chi connectivity index (χ0n) is 13.5. The van der Waals surface area contributed by atoms with E-state index in [0.29, 0.717) is 6.04 Å². The second-order valence-electron chi connectivity index (χ2n) is 7.29. The summed E-state index contributed by atoms with van der Waals surface area (Å²) in [6.07, 6.45) is 10.3. The lowest BCUT2D eigenvalue weighted by Crippen LogP contribution is -2.47. The van der Waals surface area contributed by atoms with E-state index in [0.717, 1.165) is 12.3 Å². The molecule has 0 aromatic carbocycles. The van der Waals surface area contributed by atoms with Crippen molar-refractivity contribution < 1.29 is 5.11 Å². The molecule has 2 fully saturated rings. The summed E-state index contributed by atoms with van der Waals surface area (Å²) < 4.78 is 0. The normalized spacial score (nSPS) is 24.8. The third-order valence-corrected chi connectivity index (χ3v) is 5.22. The number of aliphatic hydroxyl groups is 1. The molecule has 2 rings (SSSR count). The Labute approximate surface area is 125 Å². The van der Waals surface area contributed by atoms with Crippen LogP contribution in [0, 0.1) is 5.92 Å². The lowest BCUT2D eigenvalue weighted by atomic mass is 9.93. The lowest BCUT2D eigenvalue weighted by molar-refractivity contribution is 0.152. The summed E-state index contributed by atoms with van der Waals surface area (Å²) in [7, 11) is 0. The van der Waals surface area contributed by atoms with Crippen molar-refractivity contribution in [1.29, 1.82) is 0 Å². The summed E-state index contributed by atoms with van der Waals surface area (Å²) in [5.41, 5.74) is -0.0453. The Morgan fingerprint density at radius 1 is 1.15 bits per heavy atom. The van der Waals surface area contributed by atoms with Crippen molar-refractivity contribution in [2.75, 3.05) is 26.2 Å². The predicted octanol–water partition coefficient (Wildman–Crippen LogP) is 2.78. The molecular weight excluding hydrogens is 248 g/mol. The van der Waals surface area contributed by atoms with E-state index < -0.39 is 0 Å². The van der Waals surface area contributed by atoms with Crippen molar-refractivity contribution in [3.8, 4) is 0 Å². The Balaban J connectivity index is 1.56. The van der Waals surface area contributed by atoms with E-state index >= 15 is 0 Å². The van der Waals surface area contributed by atoms with E-state index in [1.165, 1.54) is 64.6 Å². The maximum absolute atomic E-state index is 9.59. The molecule has 1 aliphatic carbocycles. The van der Waals surface area contributed by atoms with Crippen molar-refractivity contribution in [3.05, 3.63) is 0 Å². The molecule has 0 radical (unpaired) electrons. The number of likely N-dealkylation sites (tertiary alicyclic amines) is 1. The van der Waals surface area contributed by atoms with Crippen LogP contribution < -0.4 is 5.32 Å². The number of rotatable bonds is 9. The van der Waals surface area contributed by atoms with Gasteiger partial charge in [0.05, 0.1) is 6.61 Å². The summed E-state index contributed by atoms with van der Waals surface area (Å²) in [6, 6.07) is 0.681. The van der Waals surface area contributed by atoms with Crippen LogP contribution in [0.25, 0.3) is 0 Å². The van der Waals surface area contributed by atoms with Gasteiger partial charge in [-0.2, -0.15) is 0 Å². The van der Waals surface area contributed by atoms with Gasteiger partial charge in [0.15, 0.2) is 0 Å². The second-order valence-corrected chi connectivity index (χ2v) is 7.29. The Morgan fingerprint density at radius 3 is 2.40 bits per heavy atom. The Kier molecular flexibility index (Phi) is 6.31. The van der Waals surface area contributed by atoms with Gasteiger partial charge in [-0.1, -0.05) is 19.8 Å². The number of nitrogens with one attached hydrogen (secondary N) is 1. The monoisotopic (exact) mass is 282 g/mol. The molecule has 0 aromatic heterocycles. The fourth-order valence-corrected chi connectivity index (χ4v) is 3.39. The van der Waals surface area contributed by atoms with Gasteiger partial charge in [0.2, 0.25) is 0 Å². The highest BCUT2D eigenvalue weighted by atomic mass is 16.3. The van der Waals surface area contributed by atoms with E-state index in [1.54, 1.807) is 0 Å². The first-order valence-electron chi connectivity index (χ1n) is 8.76. The molecule has 2 N–H and O–H groups in total. The SMILES string of the molecule is CCC1CCN(CCCCC(C)(CO)NC2CC2)CC1. The molecular formula is C17H34N2O. The minimum Gasteiger partial charge on any atom is -0.394 e. The van der Waals surface area contributed by atoms with E-state index in [-0.39, 0.29) is 12.1 Å². The molecule has 0 spiro atoms. The second kappa shape index (κ2) is 7.77. The maximum atomic E-state index is 9.59. The third-order valence-electron chi connectivity index (χ3n) is 5.22. The van der Waals surface area contributed by atoms with Crippen molar-refractivity contribution in [1.82, 2.24) is 10.2 Å². The topological polar surface area (TPSA) is 35.5 Å². The van der Waals surface area contributed by atoms with Gasteiger partial charge in [-0.05, 0) is 71.0 Å². The van der Waals surface area contributed by atoms with Gasteiger partial charge in [-0.3, -0.25) is 0 Å². The largest absolute Gasteiger partial charge is 0.394 e. The Hall–Kier alpha value is -0.120. The molecule has 1 atom stereocenters. The average molecular weight is 282 g/mol. The van der Waals surface area contributed by atoms with Crippen LogP contribution in [0.15, 0.2) is 0 Å². The molecule has 2 aliphatic rings. The van der Waals surface area contributed by atoms with Crippen LogP contribution in [-0.4, -0.2) is 47.8 Å². The fraction of sp³-hybridized carbons (Fsp3) is 1.00. The van der Waals surface area contributed by atoms with Gasteiger partial charge in [0, 0.05) is 11.6 Å². The highest BCUT2D eigenvalue weighted by molar-refractivity contribution is 4.92. The van der Waals surface area contributed by atoms with Crippen molar-refractivity contribution >= 4 is 0 Å². The number of nitrogens with zero attached hydrogens (tertiary/aromatic N) is 1. The van der Waals surface area contributed by atoms with Crippen LogP contribution in [0.1, 0.15) is 65.2 Å². The number of hydrogen-bond acceptors (Lipinski definition) is 3. The fourth-order valence-electron chi connectivity index (χ4n) is 3.39. The van der Waals surface area contributed by atoms with E-state index in [9.17, 15) is 5.11 Å². The number of hydrogen-bond donors (Lipinski definition) is 2. The van der Waals surface area contributed by atoms with Crippen LogP contribution in [0.2, 0.25) is 0 Å². The maximum Gasteiger partial charge on any atom is 0.0610 e. The molecule has 0 amide bonds. The van der Waals surface area contributed by atoms with Gasteiger partial charge in [0.1, 0.15) is 0 Å². The zero-order chi connectivity index (χ0) is 14.4. The predicted molar refractivity (Wildman–Crippen MR) is 85.0 cm³/mol. The zero-order valence-corrected chi connectivity index (χ0v) is 13.5. The van der Waals surface area contributed by atoms with Gasteiger partial charge in [0.25, 0.3) is 0 Å². The summed E-state index contributed by atoms with van der Waals surface area (Å²) >= 11 is 0. The molecule has 1 heterocycles. The van der Waals surface area contributed by atoms with E-state index in [2.05, 4.69) is 24.1 Å². The Bertz CT molecular complexity index is 272. The lowest BCUT2D eigenvalue weighted by Gasteiger charge is -2.32. The number of piperidine rings is 1. The van der Waals surface area contributed by atoms with Gasteiger partial charge in [-0.25, -0.2) is 0 Å². The van der Waals surface area contributed by atoms with E-state index in [4.69, 9.17) is 0 Å². The standard InChI is InChI=1S/C17H34N2O/c1-3-15-8-12-19(13-9-15)11-5-4-10-17(2,14-20)18-16-6-7-16/h15-16,18,20H,3-14H2,1-2H3. The third kappa shape index (κ3) is 5.34. The molecule has 0 aromatic rings. The molecule has 1 saturated carbocycles. The molecule has 1 unspecified atom stereocenters. The molecule has 0 bridgehead atoms. The van der Waals surface area contributed by atoms with Gasteiger partial charge >= 0.3 is 0 Å². The molecule has 3 heteroatoms. The van der Waals surface area contributed by atoms with Crippen LogP contribution >= 0.6 is 0 Å². The summed E-state index contributed by atoms with van der Waals surface area (Å²) in [5.74, 6) is 0.978. The highest BCUT2D eigenvalue weighted by Gasteiger charge is 2.31. The first kappa shape index (κ1) is 16.3. The molecule has 20 heavy (non-hydrogen) atoms. The number of unbranched alkanes of at least 4 members (excludes halogenated alkanes) is 1. The smallest absolute Gasteiger partial charge is 0.0610 e. The molecule has 1 saturated heterocycles. The summed E-state index contributed by atoms with van der Waals surface area (Å²) in [4.78, 5) is 2.64. The molecule has 3 nitrogen and oxygen atoms in total. The van der Waals surface area contributed by atoms with E-state index in [1.807, 2.05) is 0 Å². The van der Waals surface area contributed by atoms with Crippen LogP contribution in [0.5, 0.6) is 0 Å². The van der Waals surface area contributed by atoms with Crippen molar-refractivity contribution in [2.45, 2.75) is 76.8 Å².